The first-order valence-electron chi connectivity index (χ1n) is 7.99. The second kappa shape index (κ2) is 11.0. The summed E-state index contributed by atoms with van der Waals surface area (Å²) < 4.78 is 4.98. The van der Waals surface area contributed by atoms with Gasteiger partial charge in [-0.3, -0.25) is 4.79 Å². The van der Waals surface area contributed by atoms with Gasteiger partial charge in [-0.1, -0.05) is 49.6 Å². The molecule has 0 amide bonds. The SMILES string of the molecule is CCCCCNC/C=C(\C(=O)OCC)C(=O)c1ccccc1Cl. The Balaban J connectivity index is 2.82. The molecular formula is C18H24ClNO3. The van der Waals surface area contributed by atoms with Crippen LogP contribution in [0, 0.1) is 0 Å². The lowest BCUT2D eigenvalue weighted by Gasteiger charge is -2.08. The zero-order chi connectivity index (χ0) is 17.1. The summed E-state index contributed by atoms with van der Waals surface area (Å²) in [5.41, 5.74) is 0.322. The minimum Gasteiger partial charge on any atom is -0.462 e. The Morgan fingerprint density at radius 1 is 1.22 bits per heavy atom. The Morgan fingerprint density at radius 2 is 1.96 bits per heavy atom. The molecule has 0 heterocycles. The van der Waals surface area contributed by atoms with Gasteiger partial charge >= 0.3 is 5.97 Å². The monoisotopic (exact) mass is 337 g/mol. The van der Waals surface area contributed by atoms with Gasteiger partial charge in [0.2, 0.25) is 5.78 Å². The Bertz CT molecular complexity index is 555. The first-order chi connectivity index (χ1) is 11.1. The van der Waals surface area contributed by atoms with E-state index in [1.54, 1.807) is 37.3 Å². The van der Waals surface area contributed by atoms with E-state index in [1.807, 2.05) is 0 Å². The average molecular weight is 338 g/mol. The standard InChI is InChI=1S/C18H24ClNO3/c1-3-5-8-12-20-13-11-15(18(22)23-4-2)17(21)14-9-6-7-10-16(14)19/h6-7,9-11,20H,3-5,8,12-13H2,1-2H3/b15-11-. The molecule has 1 rings (SSSR count). The molecule has 0 atom stereocenters. The number of Topliss-reactive ketones (excluding diaryl/α,β-unsaturated/α-hetero) is 1. The third-order valence-electron chi connectivity index (χ3n) is 3.27. The molecule has 1 aromatic rings. The molecule has 0 spiro atoms. The largest absolute Gasteiger partial charge is 0.462 e. The number of unbranched alkanes of at least 4 members (excludes halogenated alkanes) is 2. The highest BCUT2D eigenvalue weighted by molar-refractivity contribution is 6.36. The molecule has 0 unspecified atom stereocenters. The fourth-order valence-corrected chi connectivity index (χ4v) is 2.27. The molecule has 0 aromatic heterocycles. The number of benzene rings is 1. The molecular weight excluding hydrogens is 314 g/mol. The van der Waals surface area contributed by atoms with Crippen LogP contribution in [0.1, 0.15) is 43.5 Å². The van der Waals surface area contributed by atoms with Crippen molar-refractivity contribution in [2.24, 2.45) is 0 Å². The van der Waals surface area contributed by atoms with Crippen LogP contribution in [-0.2, 0) is 9.53 Å². The zero-order valence-corrected chi connectivity index (χ0v) is 14.5. The van der Waals surface area contributed by atoms with E-state index in [4.69, 9.17) is 16.3 Å². The lowest BCUT2D eigenvalue weighted by Crippen LogP contribution is -2.21. The predicted molar refractivity (Wildman–Crippen MR) is 92.9 cm³/mol. The van der Waals surface area contributed by atoms with Gasteiger partial charge < -0.3 is 10.1 Å². The summed E-state index contributed by atoms with van der Waals surface area (Å²) in [7, 11) is 0. The van der Waals surface area contributed by atoms with Crippen molar-refractivity contribution in [2.45, 2.75) is 33.1 Å². The maximum absolute atomic E-state index is 12.6. The van der Waals surface area contributed by atoms with Crippen molar-refractivity contribution >= 4 is 23.4 Å². The van der Waals surface area contributed by atoms with E-state index in [2.05, 4.69) is 12.2 Å². The molecule has 0 saturated heterocycles. The van der Waals surface area contributed by atoms with E-state index in [1.165, 1.54) is 0 Å². The highest BCUT2D eigenvalue weighted by atomic mass is 35.5. The highest BCUT2D eigenvalue weighted by Gasteiger charge is 2.22. The van der Waals surface area contributed by atoms with Crippen LogP contribution in [0.5, 0.6) is 0 Å². The quantitative estimate of drug-likeness (QED) is 0.176. The zero-order valence-electron chi connectivity index (χ0n) is 13.7. The van der Waals surface area contributed by atoms with Gasteiger partial charge in [0.25, 0.3) is 0 Å². The molecule has 5 heteroatoms. The fourth-order valence-electron chi connectivity index (χ4n) is 2.04. The third-order valence-corrected chi connectivity index (χ3v) is 3.60. The van der Waals surface area contributed by atoms with Crippen LogP contribution in [0.15, 0.2) is 35.9 Å². The molecule has 0 saturated carbocycles. The number of carbonyl (C=O) groups excluding carboxylic acids is 2. The first kappa shape index (κ1) is 19.4. The molecule has 0 aliphatic carbocycles. The van der Waals surface area contributed by atoms with Crippen LogP contribution in [0.2, 0.25) is 5.02 Å². The molecule has 0 bridgehead atoms. The van der Waals surface area contributed by atoms with Crippen molar-refractivity contribution in [1.82, 2.24) is 5.32 Å². The van der Waals surface area contributed by atoms with Crippen LogP contribution in [0.3, 0.4) is 0 Å². The number of nitrogens with one attached hydrogen (secondary N) is 1. The van der Waals surface area contributed by atoms with Crippen LogP contribution in [0.25, 0.3) is 0 Å². The molecule has 0 aliphatic heterocycles. The molecule has 23 heavy (non-hydrogen) atoms. The maximum atomic E-state index is 12.6. The molecule has 1 aromatic carbocycles. The maximum Gasteiger partial charge on any atom is 0.341 e. The minimum absolute atomic E-state index is 0.0166. The number of carbonyl (C=O) groups is 2. The van der Waals surface area contributed by atoms with Gasteiger partial charge in [0.15, 0.2) is 0 Å². The smallest absolute Gasteiger partial charge is 0.341 e. The van der Waals surface area contributed by atoms with Gasteiger partial charge in [0, 0.05) is 12.1 Å². The number of esters is 1. The van der Waals surface area contributed by atoms with Crippen LogP contribution >= 0.6 is 11.6 Å². The van der Waals surface area contributed by atoms with Crippen molar-refractivity contribution in [2.75, 3.05) is 19.7 Å². The van der Waals surface area contributed by atoms with E-state index in [0.29, 0.717) is 17.1 Å². The van der Waals surface area contributed by atoms with Crippen molar-refractivity contribution in [3.05, 3.63) is 46.5 Å². The van der Waals surface area contributed by atoms with E-state index >= 15 is 0 Å². The molecule has 0 aliphatic rings. The number of rotatable bonds is 10. The lowest BCUT2D eigenvalue weighted by molar-refractivity contribution is -0.138. The Hall–Kier alpha value is -1.65. The molecule has 1 N–H and O–H groups in total. The van der Waals surface area contributed by atoms with Crippen molar-refractivity contribution in [3.8, 4) is 0 Å². The summed E-state index contributed by atoms with van der Waals surface area (Å²) >= 11 is 6.05. The molecule has 0 fully saturated rings. The van der Waals surface area contributed by atoms with Crippen LogP contribution in [-0.4, -0.2) is 31.4 Å². The summed E-state index contributed by atoms with van der Waals surface area (Å²) in [6.45, 7) is 5.35. The minimum atomic E-state index is -0.618. The number of hydrogen-bond donors (Lipinski definition) is 1. The van der Waals surface area contributed by atoms with Gasteiger partial charge in [-0.15, -0.1) is 0 Å². The van der Waals surface area contributed by atoms with Crippen LogP contribution in [0.4, 0.5) is 0 Å². The summed E-state index contributed by atoms with van der Waals surface area (Å²) in [4.78, 5) is 24.6. The fraction of sp³-hybridized carbons (Fsp3) is 0.444. The molecule has 0 radical (unpaired) electrons. The normalized spacial score (nSPS) is 11.3. The Morgan fingerprint density at radius 3 is 2.61 bits per heavy atom. The topological polar surface area (TPSA) is 55.4 Å². The van der Waals surface area contributed by atoms with Crippen molar-refractivity contribution in [1.29, 1.82) is 0 Å². The van der Waals surface area contributed by atoms with Gasteiger partial charge in [0.1, 0.15) is 5.57 Å². The van der Waals surface area contributed by atoms with Gasteiger partial charge in [0.05, 0.1) is 11.6 Å². The van der Waals surface area contributed by atoms with E-state index < -0.39 is 11.8 Å². The third kappa shape index (κ3) is 6.55. The summed E-state index contributed by atoms with van der Waals surface area (Å²) in [5, 5.41) is 3.52. The summed E-state index contributed by atoms with van der Waals surface area (Å²) in [5.74, 6) is -1.03. The highest BCUT2D eigenvalue weighted by Crippen LogP contribution is 2.19. The number of ether oxygens (including phenoxy) is 1. The van der Waals surface area contributed by atoms with Crippen molar-refractivity contribution < 1.29 is 14.3 Å². The van der Waals surface area contributed by atoms with Crippen molar-refractivity contribution in [3.63, 3.8) is 0 Å². The van der Waals surface area contributed by atoms with E-state index in [-0.39, 0.29) is 12.2 Å². The Labute approximate surface area is 142 Å². The van der Waals surface area contributed by atoms with Crippen LogP contribution < -0.4 is 5.32 Å². The van der Waals surface area contributed by atoms with Gasteiger partial charge in [-0.2, -0.15) is 0 Å². The number of ketones is 1. The average Bonchev–Trinajstić information content (AvgIpc) is 2.54. The Kier molecular flexibility index (Phi) is 9.25. The number of hydrogen-bond acceptors (Lipinski definition) is 4. The predicted octanol–water partition coefficient (Wildman–Crippen LogP) is 3.79. The summed E-state index contributed by atoms with van der Waals surface area (Å²) in [6.07, 6.45) is 4.95. The first-order valence-corrected chi connectivity index (χ1v) is 8.36. The summed E-state index contributed by atoms with van der Waals surface area (Å²) in [6, 6.07) is 6.68. The van der Waals surface area contributed by atoms with E-state index in [9.17, 15) is 9.59 Å². The lowest BCUT2D eigenvalue weighted by atomic mass is 10.0. The second-order valence-electron chi connectivity index (χ2n) is 5.06. The molecule has 4 nitrogen and oxygen atoms in total. The number of halogens is 1. The van der Waals surface area contributed by atoms with Gasteiger partial charge in [-0.05, 0) is 32.0 Å². The van der Waals surface area contributed by atoms with E-state index in [0.717, 1.165) is 25.8 Å². The van der Waals surface area contributed by atoms with Gasteiger partial charge in [-0.25, -0.2) is 4.79 Å². The second-order valence-corrected chi connectivity index (χ2v) is 5.47. The molecule has 126 valence electrons.